The summed E-state index contributed by atoms with van der Waals surface area (Å²) in [6.45, 7) is 3.64. The standard InChI is InChI=1S/C27H54O5/c1-3-5-7-9-11-12-14-16-18-25(17-15-13-10-8-6-4-2)21-26(31)32-20-19-27(22-28,23-29)24-30/h25,28-30H,3-24H2,1-2H3. The highest BCUT2D eigenvalue weighted by Gasteiger charge is 2.28. The maximum absolute atomic E-state index is 12.4. The molecule has 0 rings (SSSR count). The highest BCUT2D eigenvalue weighted by atomic mass is 16.5. The Balaban J connectivity index is 4.29. The van der Waals surface area contributed by atoms with E-state index in [9.17, 15) is 20.1 Å². The SMILES string of the molecule is CCCCCCCCCCC(CCCCCCCC)CC(=O)OCCC(CO)(CO)CO. The molecule has 0 amide bonds. The summed E-state index contributed by atoms with van der Waals surface area (Å²) >= 11 is 0. The van der Waals surface area contributed by atoms with Crippen LogP contribution in [0.1, 0.15) is 129 Å². The predicted molar refractivity (Wildman–Crippen MR) is 133 cm³/mol. The number of hydrogen-bond acceptors (Lipinski definition) is 5. The Morgan fingerprint density at radius 3 is 1.50 bits per heavy atom. The van der Waals surface area contributed by atoms with Gasteiger partial charge in [0.2, 0.25) is 0 Å². The molecule has 5 nitrogen and oxygen atoms in total. The largest absolute Gasteiger partial charge is 0.466 e. The summed E-state index contributed by atoms with van der Waals surface area (Å²) < 4.78 is 5.40. The second-order valence-electron chi connectivity index (χ2n) is 9.83. The van der Waals surface area contributed by atoms with Gasteiger partial charge in [-0.15, -0.1) is 0 Å². The molecule has 1 atom stereocenters. The van der Waals surface area contributed by atoms with E-state index in [1.54, 1.807) is 0 Å². The number of esters is 1. The van der Waals surface area contributed by atoms with E-state index in [1.807, 2.05) is 0 Å². The van der Waals surface area contributed by atoms with Gasteiger partial charge in [-0.2, -0.15) is 0 Å². The maximum Gasteiger partial charge on any atom is 0.306 e. The number of rotatable bonds is 24. The Kier molecular flexibility index (Phi) is 21.7. The van der Waals surface area contributed by atoms with E-state index in [-0.39, 0.29) is 38.8 Å². The molecule has 0 saturated heterocycles. The van der Waals surface area contributed by atoms with Gasteiger partial charge in [0.25, 0.3) is 0 Å². The van der Waals surface area contributed by atoms with Crippen LogP contribution in [0.25, 0.3) is 0 Å². The zero-order chi connectivity index (χ0) is 23.9. The minimum Gasteiger partial charge on any atom is -0.466 e. The molecule has 3 N–H and O–H groups in total. The molecule has 0 fully saturated rings. The first-order valence-electron chi connectivity index (χ1n) is 13.6. The second-order valence-corrected chi connectivity index (χ2v) is 9.83. The third-order valence-corrected chi connectivity index (χ3v) is 6.79. The van der Waals surface area contributed by atoms with E-state index in [1.165, 1.54) is 89.9 Å². The molecule has 0 saturated carbocycles. The summed E-state index contributed by atoms with van der Waals surface area (Å²) in [5, 5.41) is 28.2. The Bertz CT molecular complexity index is 401. The van der Waals surface area contributed by atoms with Gasteiger partial charge in [0, 0.05) is 11.8 Å². The molecule has 0 heterocycles. The lowest BCUT2D eigenvalue weighted by atomic mass is 9.88. The monoisotopic (exact) mass is 458 g/mol. The fourth-order valence-corrected chi connectivity index (χ4v) is 4.19. The van der Waals surface area contributed by atoms with Crippen molar-refractivity contribution in [2.45, 2.75) is 129 Å². The summed E-state index contributed by atoms with van der Waals surface area (Å²) in [7, 11) is 0. The molecule has 0 aliphatic carbocycles. The average molecular weight is 459 g/mol. The summed E-state index contributed by atoms with van der Waals surface area (Å²) in [6, 6.07) is 0. The first-order chi connectivity index (χ1) is 15.6. The zero-order valence-corrected chi connectivity index (χ0v) is 21.3. The van der Waals surface area contributed by atoms with Crippen LogP contribution in [0.15, 0.2) is 0 Å². The number of carbonyl (C=O) groups excluding carboxylic acids is 1. The Hall–Kier alpha value is -0.650. The van der Waals surface area contributed by atoms with Crippen LogP contribution in [0.2, 0.25) is 0 Å². The van der Waals surface area contributed by atoms with Crippen LogP contribution in [-0.4, -0.2) is 47.7 Å². The van der Waals surface area contributed by atoms with Crippen molar-refractivity contribution in [2.75, 3.05) is 26.4 Å². The molecule has 32 heavy (non-hydrogen) atoms. The lowest BCUT2D eigenvalue weighted by molar-refractivity contribution is -0.146. The molecule has 0 spiro atoms. The predicted octanol–water partition coefficient (Wildman–Crippen LogP) is 6.17. The number of ether oxygens (including phenoxy) is 1. The van der Waals surface area contributed by atoms with Crippen molar-refractivity contribution >= 4 is 5.97 Å². The fourth-order valence-electron chi connectivity index (χ4n) is 4.19. The Labute approximate surface area is 198 Å². The number of aliphatic hydroxyl groups excluding tert-OH is 3. The first-order valence-corrected chi connectivity index (χ1v) is 13.6. The van der Waals surface area contributed by atoms with Gasteiger partial charge in [-0.3, -0.25) is 4.79 Å². The summed E-state index contributed by atoms with van der Waals surface area (Å²) in [4.78, 5) is 12.4. The van der Waals surface area contributed by atoms with Crippen LogP contribution in [0.4, 0.5) is 0 Å². The molecule has 0 radical (unpaired) electrons. The van der Waals surface area contributed by atoms with Crippen molar-refractivity contribution in [3.05, 3.63) is 0 Å². The van der Waals surface area contributed by atoms with Crippen molar-refractivity contribution in [1.29, 1.82) is 0 Å². The van der Waals surface area contributed by atoms with Crippen LogP contribution in [-0.2, 0) is 9.53 Å². The Morgan fingerprint density at radius 2 is 1.09 bits per heavy atom. The van der Waals surface area contributed by atoms with Crippen LogP contribution >= 0.6 is 0 Å². The van der Waals surface area contributed by atoms with Crippen molar-refractivity contribution in [1.82, 2.24) is 0 Å². The highest BCUT2D eigenvalue weighted by Crippen LogP contribution is 2.24. The number of unbranched alkanes of at least 4 members (excludes halogenated alkanes) is 12. The first kappa shape index (κ1) is 31.4. The lowest BCUT2D eigenvalue weighted by Crippen LogP contribution is -2.35. The second kappa shape index (κ2) is 22.2. The lowest BCUT2D eigenvalue weighted by Gasteiger charge is -2.27. The minimum absolute atomic E-state index is 0.127. The number of aliphatic hydroxyl groups is 3. The smallest absolute Gasteiger partial charge is 0.306 e. The van der Waals surface area contributed by atoms with E-state index in [0.29, 0.717) is 12.3 Å². The number of carbonyl (C=O) groups is 1. The molecular weight excluding hydrogens is 404 g/mol. The van der Waals surface area contributed by atoms with E-state index in [4.69, 9.17) is 4.74 Å². The van der Waals surface area contributed by atoms with Gasteiger partial charge in [-0.25, -0.2) is 0 Å². The van der Waals surface area contributed by atoms with E-state index >= 15 is 0 Å². The van der Waals surface area contributed by atoms with E-state index in [0.717, 1.165) is 12.8 Å². The minimum atomic E-state index is -0.977. The molecule has 1 unspecified atom stereocenters. The quantitative estimate of drug-likeness (QED) is 0.119. The molecule has 0 bridgehead atoms. The zero-order valence-electron chi connectivity index (χ0n) is 21.3. The third kappa shape index (κ3) is 16.9. The van der Waals surface area contributed by atoms with Gasteiger partial charge in [0.05, 0.1) is 26.4 Å². The highest BCUT2D eigenvalue weighted by molar-refractivity contribution is 5.69. The van der Waals surface area contributed by atoms with Gasteiger partial charge in [0.15, 0.2) is 0 Å². The van der Waals surface area contributed by atoms with Crippen LogP contribution in [0.5, 0.6) is 0 Å². The van der Waals surface area contributed by atoms with E-state index < -0.39 is 5.41 Å². The van der Waals surface area contributed by atoms with Crippen molar-refractivity contribution < 1.29 is 24.9 Å². The van der Waals surface area contributed by atoms with Gasteiger partial charge in [-0.05, 0) is 25.2 Å². The van der Waals surface area contributed by atoms with Gasteiger partial charge in [-0.1, -0.05) is 104 Å². The van der Waals surface area contributed by atoms with Gasteiger partial charge in [0.1, 0.15) is 0 Å². The molecule has 0 aromatic heterocycles. The summed E-state index contributed by atoms with van der Waals surface area (Å²) in [5.41, 5.74) is -0.977. The van der Waals surface area contributed by atoms with E-state index in [2.05, 4.69) is 13.8 Å². The average Bonchev–Trinajstić information content (AvgIpc) is 2.80. The molecule has 0 aliphatic heterocycles. The molecule has 0 aromatic rings. The Morgan fingerprint density at radius 1 is 0.688 bits per heavy atom. The normalized spacial score (nSPS) is 12.8. The topological polar surface area (TPSA) is 87.0 Å². The fraction of sp³-hybridized carbons (Fsp3) is 0.963. The van der Waals surface area contributed by atoms with Gasteiger partial charge >= 0.3 is 5.97 Å². The third-order valence-electron chi connectivity index (χ3n) is 6.79. The molecule has 0 aromatic carbocycles. The molecule has 192 valence electrons. The number of hydrogen-bond donors (Lipinski definition) is 3. The molecule has 5 heteroatoms. The molecular formula is C27H54O5. The summed E-state index contributed by atoms with van der Waals surface area (Å²) in [6.07, 6.45) is 20.9. The van der Waals surface area contributed by atoms with Crippen molar-refractivity contribution in [3.8, 4) is 0 Å². The maximum atomic E-state index is 12.4. The molecule has 0 aliphatic rings. The van der Waals surface area contributed by atoms with Gasteiger partial charge < -0.3 is 20.1 Å². The van der Waals surface area contributed by atoms with Crippen molar-refractivity contribution in [3.63, 3.8) is 0 Å². The van der Waals surface area contributed by atoms with Crippen LogP contribution in [0.3, 0.4) is 0 Å². The van der Waals surface area contributed by atoms with Crippen LogP contribution in [0, 0.1) is 11.3 Å². The van der Waals surface area contributed by atoms with Crippen molar-refractivity contribution in [2.24, 2.45) is 11.3 Å². The van der Waals surface area contributed by atoms with Crippen LogP contribution < -0.4 is 0 Å². The summed E-state index contributed by atoms with van der Waals surface area (Å²) in [5.74, 6) is 0.190.